The van der Waals surface area contributed by atoms with Gasteiger partial charge in [-0.2, -0.15) is 13.2 Å². The molecule has 1 amide bonds. The molecular formula is C32H38F4N6O3. The van der Waals surface area contributed by atoms with E-state index in [1.54, 1.807) is 18.7 Å². The summed E-state index contributed by atoms with van der Waals surface area (Å²) >= 11 is 0. The summed E-state index contributed by atoms with van der Waals surface area (Å²) in [5, 5.41) is 0.345. The highest BCUT2D eigenvalue weighted by atomic mass is 19.4. The van der Waals surface area contributed by atoms with Crippen LogP contribution in [0.25, 0.3) is 22.0 Å². The molecule has 0 aliphatic carbocycles. The average molecular weight is 631 g/mol. The van der Waals surface area contributed by atoms with Crippen molar-refractivity contribution in [2.24, 2.45) is 0 Å². The number of fused-ring (bicyclic) bond motifs is 5. The molecule has 2 N–H and O–H groups in total. The molecule has 0 saturated carbocycles. The second kappa shape index (κ2) is 9.56. The van der Waals surface area contributed by atoms with Crippen molar-refractivity contribution in [3.8, 4) is 17.1 Å². The van der Waals surface area contributed by atoms with Crippen molar-refractivity contribution in [1.29, 1.82) is 0 Å². The third-order valence-corrected chi connectivity index (χ3v) is 9.84. The number of alkyl halides is 3. The predicted molar refractivity (Wildman–Crippen MR) is 162 cm³/mol. The molecule has 6 heterocycles. The third kappa shape index (κ3) is 4.47. The van der Waals surface area contributed by atoms with Crippen LogP contribution in [-0.2, 0) is 10.9 Å². The molecule has 45 heavy (non-hydrogen) atoms. The molecule has 3 aliphatic rings. The van der Waals surface area contributed by atoms with E-state index in [0.717, 1.165) is 6.07 Å². The van der Waals surface area contributed by atoms with E-state index < -0.39 is 63.4 Å². The van der Waals surface area contributed by atoms with Crippen molar-refractivity contribution in [2.45, 2.75) is 110 Å². The van der Waals surface area contributed by atoms with Gasteiger partial charge in [-0.25, -0.2) is 24.1 Å². The molecule has 6 rings (SSSR count). The van der Waals surface area contributed by atoms with Crippen LogP contribution in [0.3, 0.4) is 0 Å². The number of aryl methyl sites for hydroxylation is 3. The number of nitrogen functional groups attached to an aromatic ring is 1. The Bertz CT molecular complexity index is 1770. The molecule has 2 saturated heterocycles. The van der Waals surface area contributed by atoms with Crippen molar-refractivity contribution in [2.75, 3.05) is 17.2 Å². The topological polar surface area (TPSA) is 107 Å². The SMILES string of the molecule is Cc1nc(N)cc(-c2nc3c4c(nc(C)c(C)c4c2F)N2C[C@@]4(C)CC[C@H](N4C(=O)OC(C)(C)C)[C@@]2(C)C(C)O3)c1C(F)(F)F. The van der Waals surface area contributed by atoms with E-state index in [2.05, 4.69) is 14.9 Å². The lowest BCUT2D eigenvalue weighted by Crippen LogP contribution is -2.75. The van der Waals surface area contributed by atoms with Crippen LogP contribution in [0.15, 0.2) is 6.07 Å². The molecule has 0 radical (unpaired) electrons. The number of rotatable bonds is 1. The van der Waals surface area contributed by atoms with E-state index in [0.29, 0.717) is 36.5 Å². The molecule has 9 nitrogen and oxygen atoms in total. The molecular weight excluding hydrogens is 592 g/mol. The number of aromatic nitrogens is 3. The lowest BCUT2D eigenvalue weighted by molar-refractivity contribution is -0.137. The Kier molecular flexibility index (Phi) is 6.60. The normalized spacial score (nSPS) is 26.1. The van der Waals surface area contributed by atoms with E-state index >= 15 is 4.39 Å². The van der Waals surface area contributed by atoms with Crippen LogP contribution in [0.4, 0.5) is 34.0 Å². The minimum atomic E-state index is -4.85. The van der Waals surface area contributed by atoms with Crippen molar-refractivity contribution in [1.82, 2.24) is 19.9 Å². The fraction of sp³-hybridized carbons (Fsp3) is 0.562. The molecule has 1 unspecified atom stereocenters. The minimum Gasteiger partial charge on any atom is -0.472 e. The van der Waals surface area contributed by atoms with Crippen LogP contribution < -0.4 is 15.4 Å². The molecule has 242 valence electrons. The van der Waals surface area contributed by atoms with Crippen LogP contribution in [-0.4, -0.2) is 61.3 Å². The Morgan fingerprint density at radius 3 is 2.38 bits per heavy atom. The number of nitrogens with two attached hydrogens (primary N) is 1. The predicted octanol–water partition coefficient (Wildman–Crippen LogP) is 6.87. The fourth-order valence-electron chi connectivity index (χ4n) is 7.49. The van der Waals surface area contributed by atoms with Crippen molar-refractivity contribution < 1.29 is 31.8 Å². The summed E-state index contributed by atoms with van der Waals surface area (Å²) < 4.78 is 72.3. The van der Waals surface area contributed by atoms with Crippen LogP contribution in [0, 0.1) is 26.6 Å². The smallest absolute Gasteiger partial charge is 0.418 e. The number of hydrogen-bond donors (Lipinski definition) is 1. The van der Waals surface area contributed by atoms with E-state index in [-0.39, 0.29) is 28.5 Å². The van der Waals surface area contributed by atoms with Crippen molar-refractivity contribution >= 4 is 28.5 Å². The zero-order valence-corrected chi connectivity index (χ0v) is 26.9. The number of amides is 1. The molecule has 0 aromatic carbocycles. The first-order valence-corrected chi connectivity index (χ1v) is 15.0. The summed E-state index contributed by atoms with van der Waals surface area (Å²) in [6, 6.07) is 0.616. The number of carbonyl (C=O) groups is 1. The quantitative estimate of drug-likeness (QED) is 0.290. The molecule has 4 atom stereocenters. The highest BCUT2D eigenvalue weighted by Gasteiger charge is 2.64. The molecule has 3 aromatic rings. The zero-order chi connectivity index (χ0) is 33.2. The Morgan fingerprint density at radius 1 is 1.09 bits per heavy atom. The summed E-state index contributed by atoms with van der Waals surface area (Å²) in [6.45, 7) is 16.2. The highest BCUT2D eigenvalue weighted by molar-refractivity contribution is 6.02. The molecule has 2 bridgehead atoms. The molecule has 0 spiro atoms. The Labute approximate surface area is 259 Å². The Hall–Kier alpha value is -3.90. The largest absolute Gasteiger partial charge is 0.472 e. The first kappa shape index (κ1) is 31.1. The number of halogens is 4. The lowest BCUT2D eigenvalue weighted by atomic mass is 9.81. The summed E-state index contributed by atoms with van der Waals surface area (Å²) in [7, 11) is 0. The lowest BCUT2D eigenvalue weighted by Gasteiger charge is -2.58. The van der Waals surface area contributed by atoms with Gasteiger partial charge in [0.2, 0.25) is 5.88 Å². The summed E-state index contributed by atoms with van der Waals surface area (Å²) in [4.78, 5) is 30.7. The van der Waals surface area contributed by atoms with Gasteiger partial charge < -0.3 is 20.1 Å². The van der Waals surface area contributed by atoms with Gasteiger partial charge in [-0.3, -0.25) is 4.90 Å². The van der Waals surface area contributed by atoms with Crippen LogP contribution >= 0.6 is 0 Å². The third-order valence-electron chi connectivity index (χ3n) is 9.84. The van der Waals surface area contributed by atoms with E-state index in [1.165, 1.54) is 6.92 Å². The van der Waals surface area contributed by atoms with Gasteiger partial charge in [0.05, 0.1) is 33.8 Å². The minimum absolute atomic E-state index is 0.0406. The number of ether oxygens (including phenoxy) is 2. The first-order chi connectivity index (χ1) is 20.7. The number of piperazine rings is 1. The van der Waals surface area contributed by atoms with Gasteiger partial charge in [0.15, 0.2) is 5.82 Å². The van der Waals surface area contributed by atoms with Crippen LogP contribution in [0.1, 0.15) is 76.9 Å². The molecule has 2 fully saturated rings. The average Bonchev–Trinajstić information content (AvgIpc) is 3.15. The molecule has 3 aromatic heterocycles. The molecule has 3 aliphatic heterocycles. The molecule has 13 heteroatoms. The summed E-state index contributed by atoms with van der Waals surface area (Å²) in [5.74, 6) is -0.760. The standard InChI is InChI=1S/C32H38F4N6O3/c1-14-15(2)39-26-22-21(14)24(33)25(18-12-20(37)38-16(3)23(18)32(34,35)36)40-27(22)44-17(4)31(9)19-10-11-30(8,13-41(26)31)42(19)28(43)45-29(5,6)7/h12,17,19H,10-11,13H2,1-9H3,(H2,37,38)/t17?,19-,30+,31+/m0/s1. The number of nitrogens with zero attached hydrogens (tertiary/aromatic N) is 5. The van der Waals surface area contributed by atoms with Gasteiger partial charge in [0, 0.05) is 23.2 Å². The first-order valence-electron chi connectivity index (χ1n) is 15.0. The fourth-order valence-corrected chi connectivity index (χ4v) is 7.49. The monoisotopic (exact) mass is 630 g/mol. The number of carbonyl (C=O) groups excluding carboxylic acids is 1. The summed E-state index contributed by atoms with van der Waals surface area (Å²) in [5.41, 5.74) is 2.02. The van der Waals surface area contributed by atoms with Gasteiger partial charge in [-0.1, -0.05) is 0 Å². The van der Waals surface area contributed by atoms with Gasteiger partial charge in [-0.05, 0) is 86.8 Å². The number of hydrogen-bond acceptors (Lipinski definition) is 8. The van der Waals surface area contributed by atoms with Crippen molar-refractivity contribution in [3.63, 3.8) is 0 Å². The van der Waals surface area contributed by atoms with Gasteiger partial charge in [0.1, 0.15) is 29.0 Å². The van der Waals surface area contributed by atoms with Gasteiger partial charge in [-0.15, -0.1) is 0 Å². The second-order valence-corrected chi connectivity index (χ2v) is 14.0. The summed E-state index contributed by atoms with van der Waals surface area (Å²) in [6.07, 6.45) is -4.60. The maximum atomic E-state index is 16.8. The van der Waals surface area contributed by atoms with Crippen molar-refractivity contribution in [3.05, 3.63) is 34.4 Å². The van der Waals surface area contributed by atoms with E-state index in [1.807, 2.05) is 41.5 Å². The van der Waals surface area contributed by atoms with Crippen LogP contribution in [0.5, 0.6) is 5.88 Å². The van der Waals surface area contributed by atoms with E-state index in [4.69, 9.17) is 20.2 Å². The zero-order valence-electron chi connectivity index (χ0n) is 26.9. The number of anilines is 2. The Morgan fingerprint density at radius 2 is 1.76 bits per heavy atom. The van der Waals surface area contributed by atoms with Crippen LogP contribution in [0.2, 0.25) is 0 Å². The second-order valence-electron chi connectivity index (χ2n) is 14.0. The van der Waals surface area contributed by atoms with Gasteiger partial charge >= 0.3 is 12.3 Å². The van der Waals surface area contributed by atoms with E-state index in [9.17, 15) is 18.0 Å². The Balaban J connectivity index is 1.62. The highest BCUT2D eigenvalue weighted by Crippen LogP contribution is 2.54. The number of pyridine rings is 3. The van der Waals surface area contributed by atoms with Gasteiger partial charge in [0.25, 0.3) is 0 Å². The maximum absolute atomic E-state index is 16.8. The maximum Gasteiger partial charge on any atom is 0.418 e.